The maximum absolute atomic E-state index is 12.9. The molecule has 2 rings (SSSR count). The quantitative estimate of drug-likeness (QED) is 0.761. The van der Waals surface area contributed by atoms with Gasteiger partial charge in [-0.25, -0.2) is 9.37 Å². The van der Waals surface area contributed by atoms with E-state index in [4.69, 9.17) is 5.26 Å². The van der Waals surface area contributed by atoms with Crippen molar-refractivity contribution >= 4 is 17.2 Å². The molecule has 0 atom stereocenters. The topological polar surface area (TPSA) is 57.0 Å². The largest absolute Gasteiger partial charge is 0.325 e. The van der Waals surface area contributed by atoms with Crippen LogP contribution in [0.2, 0.25) is 0 Å². The number of aryl methyl sites for hydroxylation is 1. The Morgan fingerprint density at radius 1 is 1.39 bits per heavy atom. The van der Waals surface area contributed by atoms with Crippen LogP contribution in [0.4, 0.5) is 4.39 Å². The minimum Gasteiger partial charge on any atom is -0.325 e. The summed E-state index contributed by atoms with van der Waals surface area (Å²) in [6.45, 7) is 4.40. The molecule has 0 radical (unpaired) electrons. The summed E-state index contributed by atoms with van der Waals surface area (Å²) in [4.78, 5) is 19.1. The molecule has 1 aromatic carbocycles. The minimum absolute atomic E-state index is 0.0807. The van der Waals surface area contributed by atoms with E-state index in [1.54, 1.807) is 24.0 Å². The SMILES string of the molecule is CCCN(CC#N)C(=O)c1sc(Cc2ccc(F)cc2)nc1C. The smallest absolute Gasteiger partial charge is 0.266 e. The Morgan fingerprint density at radius 2 is 2.09 bits per heavy atom. The van der Waals surface area contributed by atoms with Crippen molar-refractivity contribution in [3.8, 4) is 6.07 Å². The van der Waals surface area contributed by atoms with Gasteiger partial charge in [-0.1, -0.05) is 19.1 Å². The predicted octanol–water partition coefficient (Wildman–Crippen LogP) is 3.56. The van der Waals surface area contributed by atoms with Gasteiger partial charge >= 0.3 is 0 Å². The van der Waals surface area contributed by atoms with Gasteiger partial charge in [0.25, 0.3) is 5.91 Å². The van der Waals surface area contributed by atoms with Crippen molar-refractivity contribution in [2.24, 2.45) is 0 Å². The van der Waals surface area contributed by atoms with Crippen LogP contribution in [0.1, 0.15) is 39.3 Å². The number of carbonyl (C=O) groups is 1. The number of nitriles is 1. The van der Waals surface area contributed by atoms with E-state index in [0.717, 1.165) is 17.0 Å². The normalized spacial score (nSPS) is 10.3. The fraction of sp³-hybridized carbons (Fsp3) is 0.353. The van der Waals surface area contributed by atoms with E-state index >= 15 is 0 Å². The molecule has 0 fully saturated rings. The monoisotopic (exact) mass is 331 g/mol. The molecule has 6 heteroatoms. The highest BCUT2D eigenvalue weighted by molar-refractivity contribution is 7.13. The average molecular weight is 331 g/mol. The van der Waals surface area contributed by atoms with Crippen LogP contribution < -0.4 is 0 Å². The Hall–Kier alpha value is -2.26. The van der Waals surface area contributed by atoms with E-state index in [1.165, 1.54) is 23.5 Å². The van der Waals surface area contributed by atoms with E-state index in [0.29, 0.717) is 23.5 Å². The van der Waals surface area contributed by atoms with Gasteiger partial charge < -0.3 is 4.90 Å². The highest BCUT2D eigenvalue weighted by Crippen LogP contribution is 2.22. The van der Waals surface area contributed by atoms with Crippen LogP contribution >= 0.6 is 11.3 Å². The molecule has 0 spiro atoms. The lowest BCUT2D eigenvalue weighted by molar-refractivity contribution is 0.0780. The molecule has 120 valence electrons. The molecule has 0 bridgehead atoms. The first-order valence-corrected chi connectivity index (χ1v) is 8.23. The third-order valence-corrected chi connectivity index (χ3v) is 4.49. The molecule has 0 saturated carbocycles. The first-order valence-electron chi connectivity index (χ1n) is 7.42. The molecule has 23 heavy (non-hydrogen) atoms. The number of amides is 1. The van der Waals surface area contributed by atoms with E-state index in [1.807, 2.05) is 13.0 Å². The number of carbonyl (C=O) groups excluding carboxylic acids is 1. The lowest BCUT2D eigenvalue weighted by Gasteiger charge is -2.17. The van der Waals surface area contributed by atoms with Gasteiger partial charge in [-0.3, -0.25) is 4.79 Å². The second-order valence-electron chi connectivity index (χ2n) is 5.21. The van der Waals surface area contributed by atoms with Crippen molar-refractivity contribution in [3.05, 3.63) is 51.2 Å². The first-order chi connectivity index (χ1) is 11.0. The van der Waals surface area contributed by atoms with Crippen molar-refractivity contribution in [2.45, 2.75) is 26.7 Å². The van der Waals surface area contributed by atoms with Crippen LogP contribution in [-0.2, 0) is 6.42 Å². The van der Waals surface area contributed by atoms with Gasteiger partial charge in [0.2, 0.25) is 0 Å². The number of thiazole rings is 1. The van der Waals surface area contributed by atoms with E-state index < -0.39 is 0 Å². The Bertz CT molecular complexity index is 718. The fourth-order valence-electron chi connectivity index (χ4n) is 2.25. The standard InChI is InChI=1S/C17H18FN3OS/c1-3-9-21(10-8-19)17(22)16-12(2)20-15(23-16)11-13-4-6-14(18)7-5-13/h4-7H,3,9-11H2,1-2H3. The maximum atomic E-state index is 12.9. The van der Waals surface area contributed by atoms with Gasteiger partial charge in [0.15, 0.2) is 0 Å². The summed E-state index contributed by atoms with van der Waals surface area (Å²) < 4.78 is 12.9. The van der Waals surface area contributed by atoms with Crippen molar-refractivity contribution in [1.82, 2.24) is 9.88 Å². The fourth-order valence-corrected chi connectivity index (χ4v) is 3.32. The van der Waals surface area contributed by atoms with Crippen molar-refractivity contribution in [2.75, 3.05) is 13.1 Å². The Kier molecular flexibility index (Phi) is 5.83. The molecule has 2 aromatic rings. The van der Waals surface area contributed by atoms with Gasteiger partial charge in [-0.05, 0) is 31.0 Å². The zero-order valence-electron chi connectivity index (χ0n) is 13.2. The third kappa shape index (κ3) is 4.36. The number of nitrogens with zero attached hydrogens (tertiary/aromatic N) is 3. The van der Waals surface area contributed by atoms with E-state index in [9.17, 15) is 9.18 Å². The molecule has 4 nitrogen and oxygen atoms in total. The maximum Gasteiger partial charge on any atom is 0.266 e. The number of hydrogen-bond donors (Lipinski definition) is 0. The molecule has 1 amide bonds. The summed E-state index contributed by atoms with van der Waals surface area (Å²) in [6, 6.07) is 8.29. The highest BCUT2D eigenvalue weighted by Gasteiger charge is 2.21. The predicted molar refractivity (Wildman–Crippen MR) is 87.9 cm³/mol. The van der Waals surface area contributed by atoms with Crippen LogP contribution in [0, 0.1) is 24.1 Å². The summed E-state index contributed by atoms with van der Waals surface area (Å²) in [6.07, 6.45) is 1.36. The summed E-state index contributed by atoms with van der Waals surface area (Å²) in [7, 11) is 0. The van der Waals surface area contributed by atoms with Crippen LogP contribution in [0.15, 0.2) is 24.3 Å². The molecule has 0 N–H and O–H groups in total. The van der Waals surface area contributed by atoms with Crippen molar-refractivity contribution in [3.63, 3.8) is 0 Å². The molecule has 0 saturated heterocycles. The van der Waals surface area contributed by atoms with Crippen LogP contribution in [0.5, 0.6) is 0 Å². The second-order valence-corrected chi connectivity index (χ2v) is 6.29. The zero-order chi connectivity index (χ0) is 16.8. The van der Waals surface area contributed by atoms with E-state index in [-0.39, 0.29) is 18.3 Å². The summed E-state index contributed by atoms with van der Waals surface area (Å²) in [5.41, 5.74) is 1.62. The molecular formula is C17H18FN3OS. The Labute approximate surface area is 139 Å². The number of hydrogen-bond acceptors (Lipinski definition) is 4. The molecule has 0 aliphatic carbocycles. The summed E-state index contributed by atoms with van der Waals surface area (Å²) >= 11 is 1.34. The van der Waals surface area contributed by atoms with E-state index in [2.05, 4.69) is 4.98 Å². The molecular weight excluding hydrogens is 313 g/mol. The molecule has 0 aliphatic rings. The second kappa shape index (κ2) is 7.84. The molecule has 1 heterocycles. The first kappa shape index (κ1) is 17.1. The van der Waals surface area contributed by atoms with Crippen molar-refractivity contribution in [1.29, 1.82) is 5.26 Å². The lowest BCUT2D eigenvalue weighted by atomic mass is 10.1. The van der Waals surface area contributed by atoms with Gasteiger partial charge in [0, 0.05) is 13.0 Å². The number of aromatic nitrogens is 1. The highest BCUT2D eigenvalue weighted by atomic mass is 32.1. The third-order valence-electron chi connectivity index (χ3n) is 3.35. The minimum atomic E-state index is -0.272. The van der Waals surface area contributed by atoms with Gasteiger partial charge in [0.05, 0.1) is 16.8 Å². The lowest BCUT2D eigenvalue weighted by Crippen LogP contribution is -2.32. The van der Waals surface area contributed by atoms with Crippen LogP contribution in [0.3, 0.4) is 0 Å². The Morgan fingerprint density at radius 3 is 2.70 bits per heavy atom. The van der Waals surface area contributed by atoms with Crippen molar-refractivity contribution < 1.29 is 9.18 Å². The average Bonchev–Trinajstić information content (AvgIpc) is 2.89. The number of rotatable bonds is 6. The summed E-state index contributed by atoms with van der Waals surface area (Å²) in [5.74, 6) is -0.416. The Balaban J connectivity index is 2.18. The van der Waals surface area contributed by atoms with Gasteiger partial charge in [-0.15, -0.1) is 11.3 Å². The zero-order valence-corrected chi connectivity index (χ0v) is 14.0. The van der Waals surface area contributed by atoms with Gasteiger partial charge in [0.1, 0.15) is 17.2 Å². The van der Waals surface area contributed by atoms with Gasteiger partial charge in [-0.2, -0.15) is 5.26 Å². The molecule has 0 unspecified atom stereocenters. The summed E-state index contributed by atoms with van der Waals surface area (Å²) in [5, 5.41) is 9.68. The molecule has 0 aliphatic heterocycles. The number of benzene rings is 1. The molecule has 1 aromatic heterocycles. The number of halogens is 1. The van der Waals surface area contributed by atoms with Crippen LogP contribution in [0.25, 0.3) is 0 Å². The van der Waals surface area contributed by atoms with Crippen LogP contribution in [-0.4, -0.2) is 28.9 Å².